The number of amides is 3. The van der Waals surface area contributed by atoms with E-state index in [0.29, 0.717) is 18.3 Å². The highest BCUT2D eigenvalue weighted by molar-refractivity contribution is 6.36. The van der Waals surface area contributed by atoms with Crippen LogP contribution < -0.4 is 15.5 Å². The van der Waals surface area contributed by atoms with Crippen LogP contribution >= 0.6 is 11.6 Å². The number of nitro benzene ring substituents is 1. The number of hydrogen-bond acceptors (Lipinski definition) is 12. The third-order valence-electron chi connectivity index (χ3n) is 10.3. The quantitative estimate of drug-likeness (QED) is 0.124. The first-order chi connectivity index (χ1) is 26.1. The van der Waals surface area contributed by atoms with E-state index in [0.717, 1.165) is 5.57 Å². The van der Waals surface area contributed by atoms with Crippen molar-refractivity contribution in [3.63, 3.8) is 0 Å². The minimum Gasteiger partial charge on any atom is -0.446 e. The van der Waals surface area contributed by atoms with Crippen molar-refractivity contribution in [2.24, 2.45) is 5.92 Å². The number of hydrogen-bond donors (Lipinski definition) is 3. The van der Waals surface area contributed by atoms with Crippen LogP contribution in [0.25, 0.3) is 10.9 Å². The molecule has 0 aliphatic carbocycles. The number of non-ortho nitro benzene ring substituents is 1. The Balaban J connectivity index is 1.38. The largest absolute Gasteiger partial charge is 0.446 e. The van der Waals surface area contributed by atoms with Gasteiger partial charge in [0, 0.05) is 44.3 Å². The average molecular weight is 778 g/mol. The lowest BCUT2D eigenvalue weighted by Crippen LogP contribution is -2.63. The zero-order valence-electron chi connectivity index (χ0n) is 30.6. The number of halogens is 1. The molecule has 3 aromatic rings. The fourth-order valence-electron chi connectivity index (χ4n) is 7.28. The van der Waals surface area contributed by atoms with Crippen molar-refractivity contribution in [1.29, 1.82) is 0 Å². The van der Waals surface area contributed by atoms with Crippen LogP contribution in [0.5, 0.6) is 0 Å². The van der Waals surface area contributed by atoms with E-state index >= 15 is 0 Å². The minimum atomic E-state index is -1.88. The smallest absolute Gasteiger partial charge is 0.412 e. The molecular weight excluding hydrogens is 738 g/mol. The van der Waals surface area contributed by atoms with Gasteiger partial charge in [0.15, 0.2) is 12.0 Å². The fraction of sp³-hybridized carbons (Fsp3) is 0.395. The molecule has 0 spiro atoms. The van der Waals surface area contributed by atoms with Crippen molar-refractivity contribution in [2.45, 2.75) is 75.8 Å². The maximum absolute atomic E-state index is 14.1. The highest BCUT2D eigenvalue weighted by Crippen LogP contribution is 2.49. The van der Waals surface area contributed by atoms with Gasteiger partial charge in [-0.1, -0.05) is 42.3 Å². The van der Waals surface area contributed by atoms with E-state index in [1.165, 1.54) is 49.5 Å². The number of carbonyl (C=O) groups excluding carboxylic acids is 4. The van der Waals surface area contributed by atoms with Gasteiger partial charge in [0.1, 0.15) is 29.4 Å². The molecule has 4 heterocycles. The Morgan fingerprint density at radius 1 is 1.27 bits per heavy atom. The second-order valence-corrected chi connectivity index (χ2v) is 14.5. The highest BCUT2D eigenvalue weighted by Gasteiger charge is 2.64. The van der Waals surface area contributed by atoms with Gasteiger partial charge >= 0.3 is 12.2 Å². The molecule has 7 atom stereocenters. The van der Waals surface area contributed by atoms with Crippen LogP contribution in [-0.4, -0.2) is 89.3 Å². The van der Waals surface area contributed by atoms with E-state index in [9.17, 15) is 34.4 Å². The number of benzene rings is 2. The van der Waals surface area contributed by atoms with Crippen molar-refractivity contribution in [2.75, 3.05) is 24.4 Å². The zero-order chi connectivity index (χ0) is 39.8. The average Bonchev–Trinajstić information content (AvgIpc) is 3.84. The van der Waals surface area contributed by atoms with Gasteiger partial charge in [-0.2, -0.15) is 0 Å². The molecule has 0 saturated carbocycles. The van der Waals surface area contributed by atoms with Crippen LogP contribution in [0, 0.1) is 16.0 Å². The summed E-state index contributed by atoms with van der Waals surface area (Å²) in [7, 11) is 2.88. The lowest BCUT2D eigenvalue weighted by Gasteiger charge is -2.42. The van der Waals surface area contributed by atoms with Crippen LogP contribution in [0.3, 0.4) is 0 Å². The van der Waals surface area contributed by atoms with Crippen LogP contribution in [0.15, 0.2) is 66.4 Å². The molecule has 2 aromatic carbocycles. The number of aromatic nitrogens is 1. The zero-order valence-corrected chi connectivity index (χ0v) is 31.4. The molecular formula is C38H40ClN5O11. The second kappa shape index (κ2) is 15.4. The van der Waals surface area contributed by atoms with Gasteiger partial charge in [0.05, 0.1) is 39.2 Å². The minimum absolute atomic E-state index is 0.0490. The summed E-state index contributed by atoms with van der Waals surface area (Å²) in [5.41, 5.74) is -1.22. The number of alkyl carbamates (subject to hydrolysis) is 1. The van der Waals surface area contributed by atoms with Crippen LogP contribution in [0.1, 0.15) is 49.5 Å². The number of rotatable bonds is 5. The van der Waals surface area contributed by atoms with E-state index in [1.54, 1.807) is 44.2 Å². The van der Waals surface area contributed by atoms with Gasteiger partial charge in [-0.15, -0.1) is 0 Å². The molecule has 3 aliphatic rings. The normalized spacial score (nSPS) is 29.8. The van der Waals surface area contributed by atoms with Crippen molar-refractivity contribution in [3.05, 3.63) is 92.7 Å². The Morgan fingerprint density at radius 3 is 2.75 bits per heavy atom. The number of epoxide rings is 1. The highest BCUT2D eigenvalue weighted by atomic mass is 35.5. The summed E-state index contributed by atoms with van der Waals surface area (Å²) in [5.74, 6) is -1.14. The van der Waals surface area contributed by atoms with Crippen molar-refractivity contribution >= 4 is 63.9 Å². The molecule has 1 aromatic heterocycles. The summed E-state index contributed by atoms with van der Waals surface area (Å²) in [6, 6.07) is 8.89. The summed E-state index contributed by atoms with van der Waals surface area (Å²) in [6.07, 6.45) is 1.13. The topological polar surface area (TPSA) is 212 Å². The van der Waals surface area contributed by atoms with Gasteiger partial charge < -0.3 is 29.0 Å². The molecule has 290 valence electrons. The van der Waals surface area contributed by atoms with Gasteiger partial charge in [0.25, 0.3) is 5.69 Å². The number of nitro groups is 1. The molecule has 6 rings (SSSR count). The van der Waals surface area contributed by atoms with Crippen LogP contribution in [0.4, 0.5) is 26.7 Å². The summed E-state index contributed by atoms with van der Waals surface area (Å²) < 4.78 is 23.4. The third kappa shape index (κ3) is 7.89. The monoisotopic (exact) mass is 777 g/mol. The number of nitrogens with zero attached hydrogens (tertiary/aromatic N) is 3. The number of fused-ring (bicyclic) bond motifs is 6. The predicted molar refractivity (Wildman–Crippen MR) is 200 cm³/mol. The van der Waals surface area contributed by atoms with E-state index < -0.39 is 71.1 Å². The molecule has 17 heteroatoms. The number of aliphatic hydroxyl groups is 1. The number of allylic oxidation sites excluding steroid dienone is 3. The maximum atomic E-state index is 14.1. The Hall–Kier alpha value is -5.42. The predicted octanol–water partition coefficient (Wildman–Crippen LogP) is 5.63. The first-order valence-electron chi connectivity index (χ1n) is 17.4. The summed E-state index contributed by atoms with van der Waals surface area (Å²) in [4.78, 5) is 69.3. The van der Waals surface area contributed by atoms with E-state index in [2.05, 4.69) is 15.6 Å². The van der Waals surface area contributed by atoms with Crippen molar-refractivity contribution in [3.8, 4) is 0 Å². The molecule has 3 N–H and O–H groups in total. The molecule has 0 unspecified atom stereocenters. The number of methoxy groups -OCH3 is 1. The Labute approximate surface area is 320 Å². The lowest BCUT2D eigenvalue weighted by molar-refractivity contribution is -0.383. The standard InChI is InChI=1S/C38H40ClN5O11/c1-20-8-6-10-29(52-5)38(49)18-28(53-36(48)42-38)21(2)34-37(3,55-34)30(17-31(46)43(4)27-16-22(14-20)15-23(19-45)32(27)39)54-35(47)41-25-11-12-26(44(50)51)24-9-7-13-40-33(24)25/h6-13,15-16,19,21,28-30,34,49H,14,17-18H2,1-5H3,(H,41,47)(H,42,48)/b10-6+,20-8+/t21-,28+,29-,30+,34+,37+,38+/m1/s1. The summed E-state index contributed by atoms with van der Waals surface area (Å²) in [6.45, 7) is 5.25. The number of carbonyl (C=O) groups is 4. The van der Waals surface area contributed by atoms with Crippen molar-refractivity contribution < 1.29 is 48.2 Å². The van der Waals surface area contributed by atoms with Gasteiger partial charge in [0.2, 0.25) is 5.91 Å². The Morgan fingerprint density at radius 2 is 2.04 bits per heavy atom. The number of anilines is 2. The molecule has 16 nitrogen and oxygen atoms in total. The number of ether oxygens (including phenoxy) is 4. The molecule has 55 heavy (non-hydrogen) atoms. The first-order valence-corrected chi connectivity index (χ1v) is 17.8. The number of aldehydes is 1. The molecule has 3 aliphatic heterocycles. The van der Waals surface area contributed by atoms with Gasteiger partial charge in [-0.25, -0.2) is 9.59 Å². The van der Waals surface area contributed by atoms with Gasteiger partial charge in [-0.3, -0.25) is 35.3 Å². The molecule has 4 bridgehead atoms. The summed E-state index contributed by atoms with van der Waals surface area (Å²) in [5, 5.41) is 28.7. The first kappa shape index (κ1) is 39.3. The SMILES string of the molecule is CO[C@@H]1/C=C/C=C(\C)Cc2cc(C=O)c(Cl)c(c2)N(C)C(=O)C[C@H](OC(=O)Nc2ccc([N+](=O)[O-])c3cccnc23)[C@]2(C)O[C@H]2[C@H](C)[C@@H]2C[C@@]1(O)NC(=O)O2. The Bertz CT molecular complexity index is 2130. The molecule has 0 radical (unpaired) electrons. The maximum Gasteiger partial charge on any atom is 0.412 e. The lowest BCUT2D eigenvalue weighted by atomic mass is 9.83. The molecule has 2 fully saturated rings. The fourth-order valence-corrected chi connectivity index (χ4v) is 7.56. The third-order valence-corrected chi connectivity index (χ3v) is 10.8. The molecule has 3 amide bonds. The van der Waals surface area contributed by atoms with E-state index in [4.69, 9.17) is 30.5 Å². The molecule has 2 saturated heterocycles. The van der Waals surface area contributed by atoms with Crippen molar-refractivity contribution in [1.82, 2.24) is 10.3 Å². The van der Waals surface area contributed by atoms with E-state index in [-0.39, 0.29) is 45.0 Å². The Kier molecular flexibility index (Phi) is 11.0. The number of pyridine rings is 1. The van der Waals surface area contributed by atoms with Crippen LogP contribution in [0.2, 0.25) is 5.02 Å². The number of nitrogens with one attached hydrogen (secondary N) is 2. The van der Waals surface area contributed by atoms with Gasteiger partial charge in [-0.05, 0) is 56.2 Å². The summed E-state index contributed by atoms with van der Waals surface area (Å²) >= 11 is 6.65. The van der Waals surface area contributed by atoms with E-state index in [1.807, 2.05) is 6.92 Å². The second-order valence-electron chi connectivity index (χ2n) is 14.1. The van der Waals surface area contributed by atoms with Crippen LogP contribution in [-0.2, 0) is 30.2 Å².